The number of furan rings is 1. The minimum Gasteiger partial charge on any atom is -0.492 e. The van der Waals surface area contributed by atoms with Crippen LogP contribution in [0.5, 0.6) is 28.7 Å². The molecule has 16 nitrogen and oxygen atoms in total. The van der Waals surface area contributed by atoms with E-state index >= 15 is 0 Å². The van der Waals surface area contributed by atoms with Crippen molar-refractivity contribution in [3.05, 3.63) is 112 Å². The SMILES string of the molecule is CCOC(=O)c1c(C)oc2cc(OCc3ccccc3)c(OCCCOc3cc(OS(=O)(=O)O)cc4oc(-c5ccc(OS(=O)(=O)O)cc5)cc(=O)c34)cc12. The van der Waals surface area contributed by atoms with Crippen LogP contribution >= 0.6 is 0 Å². The van der Waals surface area contributed by atoms with Crippen LogP contribution in [0.15, 0.2) is 98.6 Å². The lowest BCUT2D eigenvalue weighted by molar-refractivity contribution is 0.0526. The van der Waals surface area contributed by atoms with Gasteiger partial charge in [-0.25, -0.2) is 4.79 Å². The molecule has 6 rings (SSSR count). The predicted octanol–water partition coefficient (Wildman–Crippen LogP) is 6.48. The molecule has 6 aromatic rings. The first kappa shape index (κ1) is 38.6. The number of hydrogen-bond donors (Lipinski definition) is 2. The Balaban J connectivity index is 1.23. The lowest BCUT2D eigenvalue weighted by Crippen LogP contribution is -2.10. The Morgan fingerprint density at radius 3 is 2.05 bits per heavy atom. The molecule has 0 spiro atoms. The normalized spacial score (nSPS) is 11.7. The average Bonchev–Trinajstić information content (AvgIpc) is 3.43. The van der Waals surface area contributed by atoms with Crippen LogP contribution in [0.2, 0.25) is 0 Å². The lowest BCUT2D eigenvalue weighted by atomic mass is 10.1. The van der Waals surface area contributed by atoms with Gasteiger partial charge in [0.15, 0.2) is 22.7 Å². The minimum atomic E-state index is -4.99. The molecule has 0 saturated carbocycles. The van der Waals surface area contributed by atoms with E-state index in [1.165, 1.54) is 24.3 Å². The smallest absolute Gasteiger partial charge is 0.446 e. The molecule has 0 amide bonds. The first-order chi connectivity index (χ1) is 26.2. The van der Waals surface area contributed by atoms with E-state index in [1.54, 1.807) is 26.0 Å². The van der Waals surface area contributed by atoms with Gasteiger partial charge in [-0.2, -0.15) is 16.8 Å². The Labute approximate surface area is 313 Å². The van der Waals surface area contributed by atoms with Crippen LogP contribution in [0.3, 0.4) is 0 Å². The van der Waals surface area contributed by atoms with E-state index in [-0.39, 0.29) is 72.2 Å². The van der Waals surface area contributed by atoms with Gasteiger partial charge >= 0.3 is 26.8 Å². The van der Waals surface area contributed by atoms with Crippen molar-refractivity contribution in [3.63, 3.8) is 0 Å². The summed E-state index contributed by atoms with van der Waals surface area (Å²) in [7, 11) is -9.76. The van der Waals surface area contributed by atoms with Crippen molar-refractivity contribution in [2.24, 2.45) is 0 Å². The fourth-order valence-electron chi connectivity index (χ4n) is 5.52. The van der Waals surface area contributed by atoms with E-state index in [0.29, 0.717) is 28.2 Å². The summed E-state index contributed by atoms with van der Waals surface area (Å²) in [5.41, 5.74) is 1.06. The highest BCUT2D eigenvalue weighted by atomic mass is 32.3. The zero-order chi connectivity index (χ0) is 39.3. The number of rotatable bonds is 16. The number of fused-ring (bicyclic) bond motifs is 2. The summed E-state index contributed by atoms with van der Waals surface area (Å²) in [4.78, 5) is 26.1. The standard InChI is InChI=1S/C37H32O16S2/c1-3-46-37(39)35-22(2)50-30-20-32(49-21-23-8-5-4-6-9-23)31(18-27(30)35)47-14-7-15-48-33-16-26(53-55(43,44)45)17-34-36(33)28(38)19-29(51-34)24-10-12-25(13-11-24)52-54(40,41)42/h4-6,8-13,16-20H,3,7,14-15,21H2,1-2H3,(H,40,41,42)(H,43,44,45). The second-order valence-corrected chi connectivity index (χ2v) is 13.7. The van der Waals surface area contributed by atoms with Gasteiger partial charge in [-0.05, 0) is 49.7 Å². The lowest BCUT2D eigenvalue weighted by Gasteiger charge is -2.14. The summed E-state index contributed by atoms with van der Waals surface area (Å²) >= 11 is 0. The van der Waals surface area contributed by atoms with E-state index in [2.05, 4.69) is 8.37 Å². The summed E-state index contributed by atoms with van der Waals surface area (Å²) in [5, 5.41) is 0.382. The van der Waals surface area contributed by atoms with Gasteiger partial charge in [-0.15, -0.1) is 0 Å². The molecule has 0 fully saturated rings. The van der Waals surface area contributed by atoms with Crippen LogP contribution in [0, 0.1) is 6.92 Å². The molecule has 2 N–H and O–H groups in total. The van der Waals surface area contributed by atoms with Gasteiger partial charge in [-0.1, -0.05) is 30.3 Å². The molecule has 18 heteroatoms. The van der Waals surface area contributed by atoms with Crippen molar-refractivity contribution < 1.29 is 66.9 Å². The number of carbonyl (C=O) groups excluding carboxylic acids is 1. The molecule has 4 aromatic carbocycles. The number of hydrogen-bond acceptors (Lipinski definition) is 14. The molecule has 0 aliphatic carbocycles. The molecule has 2 heterocycles. The van der Waals surface area contributed by atoms with Gasteiger partial charge in [-0.3, -0.25) is 13.9 Å². The molecule has 288 valence electrons. The molecule has 55 heavy (non-hydrogen) atoms. The van der Waals surface area contributed by atoms with Crippen LogP contribution < -0.4 is 28.0 Å². The topological polar surface area (TPSA) is 225 Å². The summed E-state index contributed by atoms with van der Waals surface area (Å²) < 4.78 is 108. The molecule has 0 bridgehead atoms. The highest BCUT2D eigenvalue weighted by molar-refractivity contribution is 7.81. The molecule has 0 unspecified atom stereocenters. The molecule has 0 aliphatic rings. The van der Waals surface area contributed by atoms with Crippen molar-refractivity contribution in [1.82, 2.24) is 0 Å². The number of carbonyl (C=O) groups is 1. The fourth-order valence-corrected chi connectivity index (χ4v) is 6.21. The second-order valence-electron chi connectivity index (χ2n) is 11.7. The first-order valence-electron chi connectivity index (χ1n) is 16.4. The third-order valence-electron chi connectivity index (χ3n) is 7.76. The summed E-state index contributed by atoms with van der Waals surface area (Å²) in [6.07, 6.45) is 0.220. The first-order valence-corrected chi connectivity index (χ1v) is 19.1. The van der Waals surface area contributed by atoms with Crippen LogP contribution in [-0.2, 0) is 32.1 Å². The molecular formula is C37H32O16S2. The fraction of sp³-hybridized carbons (Fsp3) is 0.189. The number of ether oxygens (including phenoxy) is 4. The minimum absolute atomic E-state index is 0.0135. The Morgan fingerprint density at radius 2 is 1.38 bits per heavy atom. The van der Waals surface area contributed by atoms with E-state index in [4.69, 9.17) is 32.3 Å². The van der Waals surface area contributed by atoms with E-state index in [9.17, 15) is 31.0 Å². The molecule has 0 radical (unpaired) electrons. The maximum absolute atomic E-state index is 13.4. The van der Waals surface area contributed by atoms with Crippen molar-refractivity contribution in [2.45, 2.75) is 26.9 Å². The van der Waals surface area contributed by atoms with Crippen molar-refractivity contribution in [2.75, 3.05) is 19.8 Å². The van der Waals surface area contributed by atoms with E-state index in [1.807, 2.05) is 30.3 Å². The van der Waals surface area contributed by atoms with Crippen molar-refractivity contribution in [3.8, 4) is 40.1 Å². The monoisotopic (exact) mass is 796 g/mol. The van der Waals surface area contributed by atoms with Crippen LogP contribution in [0.25, 0.3) is 33.3 Å². The molecule has 0 saturated heterocycles. The summed E-state index contributed by atoms with van der Waals surface area (Å²) in [6, 6.07) is 21.1. The van der Waals surface area contributed by atoms with Crippen LogP contribution in [0.1, 0.15) is 35.0 Å². The molecular weight excluding hydrogens is 765 g/mol. The quantitative estimate of drug-likeness (QED) is 0.0607. The Kier molecular flexibility index (Phi) is 11.3. The average molecular weight is 797 g/mol. The molecule has 0 atom stereocenters. The maximum atomic E-state index is 13.4. The zero-order valence-electron chi connectivity index (χ0n) is 29.0. The number of aryl methyl sites for hydroxylation is 1. The Hall–Kier alpha value is -6.08. The summed E-state index contributed by atoms with van der Waals surface area (Å²) in [6.45, 7) is 3.71. The van der Waals surface area contributed by atoms with Crippen LogP contribution in [0.4, 0.5) is 0 Å². The molecule has 2 aromatic heterocycles. The largest absolute Gasteiger partial charge is 0.492 e. The van der Waals surface area contributed by atoms with Gasteiger partial charge in [0.05, 0.1) is 19.8 Å². The Bertz CT molecular complexity index is 2630. The highest BCUT2D eigenvalue weighted by Crippen LogP contribution is 2.38. The molecule has 0 aliphatic heterocycles. The zero-order valence-corrected chi connectivity index (χ0v) is 30.7. The number of benzene rings is 4. The van der Waals surface area contributed by atoms with Gasteiger partial charge in [0.1, 0.15) is 51.7 Å². The third-order valence-corrected chi connectivity index (χ3v) is 8.57. The van der Waals surface area contributed by atoms with E-state index < -0.39 is 37.9 Å². The number of esters is 1. The third kappa shape index (κ3) is 9.73. The van der Waals surface area contributed by atoms with Crippen LogP contribution in [-0.4, -0.2) is 51.7 Å². The highest BCUT2D eigenvalue weighted by Gasteiger charge is 2.23. The van der Waals surface area contributed by atoms with Gasteiger partial charge in [0.2, 0.25) is 0 Å². The van der Waals surface area contributed by atoms with Gasteiger partial charge in [0.25, 0.3) is 0 Å². The Morgan fingerprint density at radius 1 is 0.727 bits per heavy atom. The van der Waals surface area contributed by atoms with Crippen molar-refractivity contribution >= 4 is 48.7 Å². The predicted molar refractivity (Wildman–Crippen MR) is 196 cm³/mol. The van der Waals surface area contributed by atoms with Crippen molar-refractivity contribution in [1.29, 1.82) is 0 Å². The van der Waals surface area contributed by atoms with Gasteiger partial charge < -0.3 is 36.1 Å². The summed E-state index contributed by atoms with van der Waals surface area (Å²) in [5.74, 6) is -0.336. The van der Waals surface area contributed by atoms with E-state index in [0.717, 1.165) is 23.8 Å². The maximum Gasteiger partial charge on any atom is 0.446 e. The van der Waals surface area contributed by atoms with Gasteiger partial charge in [0, 0.05) is 41.6 Å². The second kappa shape index (κ2) is 16.1.